The van der Waals surface area contributed by atoms with Gasteiger partial charge >= 0.3 is 5.97 Å². The number of methoxy groups -OCH3 is 1. The molecule has 6 nitrogen and oxygen atoms in total. The molecule has 0 saturated carbocycles. The van der Waals surface area contributed by atoms with Gasteiger partial charge in [0.05, 0.1) is 6.04 Å². The van der Waals surface area contributed by atoms with E-state index in [1.807, 2.05) is 6.92 Å². The molecular formula is C12H22N2O4. The summed E-state index contributed by atoms with van der Waals surface area (Å²) in [6.45, 7) is 2.87. The minimum Gasteiger partial charge on any atom is -0.480 e. The highest BCUT2D eigenvalue weighted by Crippen LogP contribution is 2.23. The van der Waals surface area contributed by atoms with Gasteiger partial charge in [0.25, 0.3) is 0 Å². The lowest BCUT2D eigenvalue weighted by molar-refractivity contribution is -0.153. The van der Waals surface area contributed by atoms with Crippen LogP contribution in [-0.2, 0) is 14.3 Å². The van der Waals surface area contributed by atoms with Crippen molar-refractivity contribution in [1.29, 1.82) is 0 Å². The topological polar surface area (TPSA) is 92.9 Å². The van der Waals surface area contributed by atoms with Gasteiger partial charge in [0.15, 0.2) is 0 Å². The predicted octanol–water partition coefficient (Wildman–Crippen LogP) is 0.0619. The SMILES string of the molecule is COCCC(N)C(=O)N1CCC(C)CC1C(=O)O. The predicted molar refractivity (Wildman–Crippen MR) is 66.0 cm³/mol. The van der Waals surface area contributed by atoms with Gasteiger partial charge < -0.3 is 20.5 Å². The van der Waals surface area contributed by atoms with Crippen LogP contribution in [0.2, 0.25) is 0 Å². The Hall–Kier alpha value is -1.14. The first-order valence-electron chi connectivity index (χ1n) is 6.25. The van der Waals surface area contributed by atoms with E-state index in [-0.39, 0.29) is 5.91 Å². The molecule has 1 saturated heterocycles. The summed E-state index contributed by atoms with van der Waals surface area (Å²) < 4.78 is 4.87. The van der Waals surface area contributed by atoms with Gasteiger partial charge in [-0.1, -0.05) is 6.92 Å². The number of nitrogens with two attached hydrogens (primary N) is 1. The van der Waals surface area contributed by atoms with Crippen molar-refractivity contribution in [3.8, 4) is 0 Å². The minimum atomic E-state index is -0.950. The zero-order chi connectivity index (χ0) is 13.7. The zero-order valence-electron chi connectivity index (χ0n) is 11.0. The standard InChI is InChI=1S/C12H22N2O4/c1-8-3-5-14(10(7-8)12(16)17)11(15)9(13)4-6-18-2/h8-10H,3-7,13H2,1-2H3,(H,16,17). The molecule has 0 spiro atoms. The van der Waals surface area contributed by atoms with E-state index in [9.17, 15) is 14.7 Å². The Morgan fingerprint density at radius 2 is 2.22 bits per heavy atom. The number of piperidine rings is 1. The number of carbonyl (C=O) groups is 2. The molecule has 1 rings (SSSR count). The second-order valence-corrected chi connectivity index (χ2v) is 4.90. The lowest BCUT2D eigenvalue weighted by Gasteiger charge is -2.37. The normalized spacial score (nSPS) is 25.8. The lowest BCUT2D eigenvalue weighted by Crippen LogP contribution is -2.54. The molecule has 104 valence electrons. The molecule has 0 bridgehead atoms. The van der Waals surface area contributed by atoms with Gasteiger partial charge in [0.1, 0.15) is 6.04 Å². The Kier molecular flexibility index (Phi) is 5.55. The quantitative estimate of drug-likeness (QED) is 0.727. The van der Waals surface area contributed by atoms with Gasteiger partial charge in [-0.15, -0.1) is 0 Å². The first kappa shape index (κ1) is 14.9. The summed E-state index contributed by atoms with van der Waals surface area (Å²) in [5.41, 5.74) is 5.77. The van der Waals surface area contributed by atoms with Gasteiger partial charge in [-0.3, -0.25) is 4.79 Å². The number of rotatable bonds is 5. The number of hydrogen-bond acceptors (Lipinski definition) is 4. The fourth-order valence-electron chi connectivity index (χ4n) is 2.22. The van der Waals surface area contributed by atoms with Crippen molar-refractivity contribution in [3.05, 3.63) is 0 Å². The van der Waals surface area contributed by atoms with Crippen LogP contribution in [0.1, 0.15) is 26.2 Å². The molecule has 1 amide bonds. The van der Waals surface area contributed by atoms with Gasteiger partial charge in [-0.25, -0.2) is 4.79 Å². The van der Waals surface area contributed by atoms with E-state index >= 15 is 0 Å². The maximum Gasteiger partial charge on any atom is 0.326 e. The number of amides is 1. The number of likely N-dealkylation sites (tertiary alicyclic amines) is 1. The number of carboxylic acids is 1. The molecular weight excluding hydrogens is 236 g/mol. The largest absolute Gasteiger partial charge is 0.480 e. The van der Waals surface area contributed by atoms with Gasteiger partial charge in [0, 0.05) is 20.3 Å². The van der Waals surface area contributed by atoms with Gasteiger partial charge in [0.2, 0.25) is 5.91 Å². The molecule has 1 aliphatic heterocycles. The summed E-state index contributed by atoms with van der Waals surface area (Å²) >= 11 is 0. The third kappa shape index (κ3) is 3.68. The van der Waals surface area contributed by atoms with Crippen LogP contribution in [0.4, 0.5) is 0 Å². The number of aliphatic carboxylic acids is 1. The first-order chi connectivity index (χ1) is 8.47. The molecule has 3 unspecified atom stereocenters. The fourth-order valence-corrected chi connectivity index (χ4v) is 2.22. The molecule has 18 heavy (non-hydrogen) atoms. The molecule has 0 aromatic rings. The number of nitrogens with zero attached hydrogens (tertiary/aromatic N) is 1. The highest BCUT2D eigenvalue weighted by Gasteiger charge is 2.36. The van der Waals surface area contributed by atoms with Gasteiger partial charge in [-0.05, 0) is 25.2 Å². The van der Waals surface area contributed by atoms with Crippen LogP contribution in [0.5, 0.6) is 0 Å². The Morgan fingerprint density at radius 3 is 2.78 bits per heavy atom. The molecule has 1 fully saturated rings. The molecule has 1 heterocycles. The number of ether oxygens (including phenoxy) is 1. The summed E-state index contributed by atoms with van der Waals surface area (Å²) in [4.78, 5) is 24.7. The summed E-state index contributed by atoms with van der Waals surface area (Å²) in [5, 5.41) is 9.17. The minimum absolute atomic E-state index is 0.286. The molecule has 0 aliphatic carbocycles. The van der Waals surface area contributed by atoms with E-state index < -0.39 is 18.1 Å². The number of carboxylic acid groups (broad SMARTS) is 1. The Morgan fingerprint density at radius 1 is 1.56 bits per heavy atom. The average Bonchev–Trinajstić information content (AvgIpc) is 2.34. The van der Waals surface area contributed by atoms with Crippen LogP contribution in [0.3, 0.4) is 0 Å². The number of hydrogen-bond donors (Lipinski definition) is 2. The Balaban J connectivity index is 2.66. The Bertz CT molecular complexity index is 308. The molecule has 0 aromatic heterocycles. The molecule has 6 heteroatoms. The van der Waals surface area contributed by atoms with Crippen LogP contribution < -0.4 is 5.73 Å². The van der Waals surface area contributed by atoms with Crippen molar-refractivity contribution in [3.63, 3.8) is 0 Å². The molecule has 3 N–H and O–H groups in total. The smallest absolute Gasteiger partial charge is 0.326 e. The first-order valence-corrected chi connectivity index (χ1v) is 6.25. The van der Waals surface area contributed by atoms with Gasteiger partial charge in [-0.2, -0.15) is 0 Å². The van der Waals surface area contributed by atoms with Crippen molar-refractivity contribution < 1.29 is 19.4 Å². The third-order valence-electron chi connectivity index (χ3n) is 3.38. The van der Waals surface area contributed by atoms with Crippen LogP contribution in [0.15, 0.2) is 0 Å². The monoisotopic (exact) mass is 258 g/mol. The van der Waals surface area contributed by atoms with Crippen molar-refractivity contribution in [1.82, 2.24) is 4.90 Å². The van der Waals surface area contributed by atoms with Crippen molar-refractivity contribution in [2.24, 2.45) is 11.7 Å². The van der Waals surface area contributed by atoms with Crippen LogP contribution >= 0.6 is 0 Å². The molecule has 1 aliphatic rings. The van der Waals surface area contributed by atoms with E-state index in [0.29, 0.717) is 31.9 Å². The Labute approximate surface area is 107 Å². The molecule has 0 radical (unpaired) electrons. The fraction of sp³-hybridized carbons (Fsp3) is 0.833. The lowest BCUT2D eigenvalue weighted by atomic mass is 9.91. The van der Waals surface area contributed by atoms with E-state index in [1.165, 1.54) is 4.90 Å². The summed E-state index contributed by atoms with van der Waals surface area (Å²) in [5.74, 6) is -0.912. The average molecular weight is 258 g/mol. The highest BCUT2D eigenvalue weighted by atomic mass is 16.5. The van der Waals surface area contributed by atoms with Crippen molar-refractivity contribution in [2.45, 2.75) is 38.3 Å². The maximum absolute atomic E-state index is 12.1. The van der Waals surface area contributed by atoms with Crippen LogP contribution in [0.25, 0.3) is 0 Å². The second kappa shape index (κ2) is 6.70. The van der Waals surface area contributed by atoms with Crippen LogP contribution in [-0.4, -0.2) is 54.2 Å². The van der Waals surface area contributed by atoms with E-state index in [1.54, 1.807) is 7.11 Å². The van der Waals surface area contributed by atoms with Crippen molar-refractivity contribution in [2.75, 3.05) is 20.3 Å². The number of carbonyl (C=O) groups excluding carboxylic acids is 1. The second-order valence-electron chi connectivity index (χ2n) is 4.90. The third-order valence-corrected chi connectivity index (χ3v) is 3.38. The zero-order valence-corrected chi connectivity index (χ0v) is 11.0. The summed E-state index contributed by atoms with van der Waals surface area (Å²) in [6, 6.07) is -1.42. The molecule has 0 aromatic carbocycles. The maximum atomic E-state index is 12.1. The molecule has 3 atom stereocenters. The summed E-state index contributed by atoms with van der Waals surface area (Å²) in [6.07, 6.45) is 1.73. The van der Waals surface area contributed by atoms with E-state index in [0.717, 1.165) is 6.42 Å². The van der Waals surface area contributed by atoms with Crippen molar-refractivity contribution >= 4 is 11.9 Å². The van der Waals surface area contributed by atoms with Crippen LogP contribution in [0, 0.1) is 5.92 Å². The highest BCUT2D eigenvalue weighted by molar-refractivity contribution is 5.87. The van der Waals surface area contributed by atoms with E-state index in [4.69, 9.17) is 10.5 Å². The summed E-state index contributed by atoms with van der Waals surface area (Å²) in [7, 11) is 1.54. The van der Waals surface area contributed by atoms with E-state index in [2.05, 4.69) is 0 Å².